The van der Waals surface area contributed by atoms with E-state index in [9.17, 15) is 9.90 Å². The summed E-state index contributed by atoms with van der Waals surface area (Å²) in [5.74, 6) is -0.880. The van der Waals surface area contributed by atoms with E-state index in [1.54, 1.807) is 0 Å². The number of halogens is 1. The molecule has 1 fully saturated rings. The van der Waals surface area contributed by atoms with E-state index in [-0.39, 0.29) is 12.2 Å². The Morgan fingerprint density at radius 3 is 2.89 bits per heavy atom. The average Bonchev–Trinajstić information content (AvgIpc) is 2.72. The monoisotopic (exact) mass is 313 g/mol. The summed E-state index contributed by atoms with van der Waals surface area (Å²) in [4.78, 5) is 11.3. The van der Waals surface area contributed by atoms with E-state index in [2.05, 4.69) is 21.2 Å². The number of nitrogens with one attached hydrogen (secondary N) is 1. The lowest BCUT2D eigenvalue weighted by Crippen LogP contribution is -2.40. The second kappa shape index (κ2) is 5.71. The van der Waals surface area contributed by atoms with E-state index >= 15 is 0 Å². The molecule has 0 amide bonds. The van der Waals surface area contributed by atoms with Crippen LogP contribution in [0.1, 0.15) is 19.8 Å². The fourth-order valence-corrected chi connectivity index (χ4v) is 2.55. The minimum absolute atomic E-state index is 0.140. The predicted octanol–water partition coefficient (Wildman–Crippen LogP) is 2.88. The maximum Gasteiger partial charge on any atom is 0.328 e. The van der Waals surface area contributed by atoms with Gasteiger partial charge in [0.15, 0.2) is 6.04 Å². The normalized spacial score (nSPS) is 24.8. The summed E-state index contributed by atoms with van der Waals surface area (Å²) in [5.41, 5.74) is 0.778. The molecule has 0 bridgehead atoms. The minimum atomic E-state index is -0.880. The molecule has 1 aromatic carbocycles. The van der Waals surface area contributed by atoms with E-state index < -0.39 is 12.0 Å². The number of carboxylic acid groups (broad SMARTS) is 1. The van der Waals surface area contributed by atoms with Gasteiger partial charge in [0, 0.05) is 10.2 Å². The van der Waals surface area contributed by atoms with Crippen LogP contribution in [0.3, 0.4) is 0 Å². The highest BCUT2D eigenvalue weighted by molar-refractivity contribution is 9.10. The van der Waals surface area contributed by atoms with Crippen molar-refractivity contribution in [2.24, 2.45) is 0 Å². The minimum Gasteiger partial charge on any atom is -0.480 e. The summed E-state index contributed by atoms with van der Waals surface area (Å²) in [6.07, 6.45) is 1.56. The number of benzene rings is 1. The van der Waals surface area contributed by atoms with Crippen LogP contribution in [0.15, 0.2) is 28.7 Å². The van der Waals surface area contributed by atoms with Gasteiger partial charge in [-0.3, -0.25) is 0 Å². The summed E-state index contributed by atoms with van der Waals surface area (Å²) >= 11 is 3.36. The molecule has 18 heavy (non-hydrogen) atoms. The lowest BCUT2D eigenvalue weighted by Gasteiger charge is -2.22. The van der Waals surface area contributed by atoms with Crippen LogP contribution >= 0.6 is 15.9 Å². The number of hydrogen-bond acceptors (Lipinski definition) is 3. The number of ether oxygens (including phenoxy) is 1. The molecule has 0 aliphatic carbocycles. The lowest BCUT2D eigenvalue weighted by atomic mass is 10.1. The Labute approximate surface area is 114 Å². The third kappa shape index (κ3) is 3.23. The van der Waals surface area contributed by atoms with Crippen LogP contribution in [0.4, 0.5) is 5.69 Å². The van der Waals surface area contributed by atoms with Crippen molar-refractivity contribution in [3.05, 3.63) is 28.7 Å². The zero-order valence-corrected chi connectivity index (χ0v) is 11.7. The molecule has 0 radical (unpaired) electrons. The Balaban J connectivity index is 2.09. The quantitative estimate of drug-likeness (QED) is 0.897. The molecule has 1 saturated heterocycles. The number of aliphatic carboxylic acids is 1. The summed E-state index contributed by atoms with van der Waals surface area (Å²) in [7, 11) is 0. The van der Waals surface area contributed by atoms with Gasteiger partial charge in [-0.05, 0) is 38.0 Å². The molecule has 1 heterocycles. The molecule has 2 N–H and O–H groups in total. The largest absolute Gasteiger partial charge is 0.480 e. The summed E-state index contributed by atoms with van der Waals surface area (Å²) in [6.45, 7) is 1.97. The maximum atomic E-state index is 11.3. The summed E-state index contributed by atoms with van der Waals surface area (Å²) in [5, 5.41) is 12.3. The van der Waals surface area contributed by atoms with Gasteiger partial charge in [0.1, 0.15) is 0 Å². The number of carboxylic acids is 1. The van der Waals surface area contributed by atoms with Gasteiger partial charge in [0.05, 0.1) is 12.2 Å². The second-order valence-electron chi connectivity index (χ2n) is 4.53. The lowest BCUT2D eigenvalue weighted by molar-refractivity contribution is -0.141. The summed E-state index contributed by atoms with van der Waals surface area (Å²) < 4.78 is 6.55. The van der Waals surface area contributed by atoms with Crippen LogP contribution in [0, 0.1) is 0 Å². The molecule has 4 nitrogen and oxygen atoms in total. The third-order valence-corrected chi connectivity index (χ3v) is 3.54. The van der Waals surface area contributed by atoms with Crippen molar-refractivity contribution in [2.75, 3.05) is 5.32 Å². The zero-order valence-electron chi connectivity index (χ0n) is 10.1. The number of anilines is 1. The van der Waals surface area contributed by atoms with E-state index in [1.807, 2.05) is 31.2 Å². The highest BCUT2D eigenvalue weighted by atomic mass is 79.9. The molecule has 0 aromatic heterocycles. The predicted molar refractivity (Wildman–Crippen MR) is 72.8 cm³/mol. The van der Waals surface area contributed by atoms with Gasteiger partial charge in [-0.1, -0.05) is 22.0 Å². The van der Waals surface area contributed by atoms with Gasteiger partial charge in [-0.15, -0.1) is 0 Å². The van der Waals surface area contributed by atoms with Crippen molar-refractivity contribution in [3.8, 4) is 0 Å². The molecule has 0 spiro atoms. The second-order valence-corrected chi connectivity index (χ2v) is 5.45. The molecule has 1 aliphatic heterocycles. The van der Waals surface area contributed by atoms with Crippen molar-refractivity contribution in [1.82, 2.24) is 0 Å². The first-order chi connectivity index (χ1) is 8.56. The van der Waals surface area contributed by atoms with E-state index in [0.717, 1.165) is 23.0 Å². The highest BCUT2D eigenvalue weighted by Crippen LogP contribution is 2.25. The zero-order chi connectivity index (χ0) is 13.1. The van der Waals surface area contributed by atoms with E-state index in [1.165, 1.54) is 0 Å². The molecule has 98 valence electrons. The molecular weight excluding hydrogens is 298 g/mol. The van der Waals surface area contributed by atoms with Crippen LogP contribution in [0.2, 0.25) is 0 Å². The number of carbonyl (C=O) groups is 1. The van der Waals surface area contributed by atoms with Gasteiger partial charge in [0.25, 0.3) is 0 Å². The third-order valence-electron chi connectivity index (χ3n) is 3.05. The van der Waals surface area contributed by atoms with Crippen LogP contribution in [-0.4, -0.2) is 29.3 Å². The first kappa shape index (κ1) is 13.4. The Morgan fingerprint density at radius 1 is 1.56 bits per heavy atom. The molecule has 1 aliphatic rings. The number of rotatable bonds is 4. The standard InChI is InChI=1S/C13H16BrNO3/c1-8-5-6-11(18-8)12(13(16)17)15-10-4-2-3-9(14)7-10/h2-4,7-8,11-12,15H,5-6H2,1H3,(H,16,17). The van der Waals surface area contributed by atoms with Gasteiger partial charge < -0.3 is 15.2 Å². The van der Waals surface area contributed by atoms with Crippen molar-refractivity contribution in [1.29, 1.82) is 0 Å². The van der Waals surface area contributed by atoms with Gasteiger partial charge in [-0.25, -0.2) is 4.79 Å². The van der Waals surface area contributed by atoms with Crippen molar-refractivity contribution in [2.45, 2.75) is 38.0 Å². The Kier molecular flexibility index (Phi) is 4.24. The van der Waals surface area contributed by atoms with Crippen LogP contribution in [-0.2, 0) is 9.53 Å². The fraction of sp³-hybridized carbons (Fsp3) is 0.462. The van der Waals surface area contributed by atoms with Gasteiger partial charge in [-0.2, -0.15) is 0 Å². The average molecular weight is 314 g/mol. The molecule has 5 heteroatoms. The van der Waals surface area contributed by atoms with Crippen molar-refractivity contribution in [3.63, 3.8) is 0 Å². The first-order valence-electron chi connectivity index (χ1n) is 5.96. The molecular formula is C13H16BrNO3. The Hall–Kier alpha value is -1.07. The van der Waals surface area contributed by atoms with Crippen molar-refractivity contribution < 1.29 is 14.6 Å². The maximum absolute atomic E-state index is 11.3. The van der Waals surface area contributed by atoms with Crippen LogP contribution in [0.25, 0.3) is 0 Å². The van der Waals surface area contributed by atoms with Gasteiger partial charge >= 0.3 is 5.97 Å². The Bertz CT molecular complexity index is 438. The molecule has 3 unspecified atom stereocenters. The molecule has 3 atom stereocenters. The molecule has 1 aromatic rings. The highest BCUT2D eigenvalue weighted by Gasteiger charge is 2.34. The summed E-state index contributed by atoms with van der Waals surface area (Å²) in [6, 6.07) is 6.76. The molecule has 0 saturated carbocycles. The molecule has 2 rings (SSSR count). The van der Waals surface area contributed by atoms with Crippen LogP contribution in [0.5, 0.6) is 0 Å². The van der Waals surface area contributed by atoms with Crippen LogP contribution < -0.4 is 5.32 Å². The topological polar surface area (TPSA) is 58.6 Å². The fourth-order valence-electron chi connectivity index (χ4n) is 2.15. The Morgan fingerprint density at radius 2 is 2.33 bits per heavy atom. The number of hydrogen-bond donors (Lipinski definition) is 2. The van der Waals surface area contributed by atoms with E-state index in [4.69, 9.17) is 4.74 Å². The van der Waals surface area contributed by atoms with E-state index in [0.29, 0.717) is 0 Å². The van der Waals surface area contributed by atoms with Gasteiger partial charge in [0.2, 0.25) is 0 Å². The smallest absolute Gasteiger partial charge is 0.328 e. The van der Waals surface area contributed by atoms with Crippen molar-refractivity contribution >= 4 is 27.6 Å². The SMILES string of the molecule is CC1CCC(C(Nc2cccc(Br)c2)C(=O)O)O1. The first-order valence-corrected chi connectivity index (χ1v) is 6.76.